The Morgan fingerprint density at radius 3 is 3.06 bits per heavy atom. The third-order valence-electron chi connectivity index (χ3n) is 3.44. The summed E-state index contributed by atoms with van der Waals surface area (Å²) in [4.78, 5) is 13.3. The summed E-state index contributed by atoms with van der Waals surface area (Å²) in [6, 6.07) is 8.10. The van der Waals surface area contributed by atoms with Crippen molar-refractivity contribution >= 4 is 5.91 Å². The lowest BCUT2D eigenvalue weighted by molar-refractivity contribution is -0.130. The van der Waals surface area contributed by atoms with Crippen LogP contribution in [0.4, 0.5) is 0 Å². The van der Waals surface area contributed by atoms with Crippen molar-refractivity contribution in [1.82, 2.24) is 4.90 Å². The molecule has 1 aromatic carbocycles. The van der Waals surface area contributed by atoms with E-state index in [9.17, 15) is 4.79 Å². The van der Waals surface area contributed by atoms with Gasteiger partial charge in [-0.3, -0.25) is 4.79 Å². The zero-order valence-corrected chi connectivity index (χ0v) is 11.2. The van der Waals surface area contributed by atoms with E-state index in [-0.39, 0.29) is 5.91 Å². The molecule has 0 bridgehead atoms. The van der Waals surface area contributed by atoms with Crippen LogP contribution in [-0.2, 0) is 4.79 Å². The van der Waals surface area contributed by atoms with Crippen LogP contribution < -0.4 is 4.74 Å². The molecule has 18 heavy (non-hydrogen) atoms. The lowest BCUT2D eigenvalue weighted by Crippen LogP contribution is -2.40. The lowest BCUT2D eigenvalue weighted by atomic mass is 9.99. The molecule has 3 heteroatoms. The molecule has 0 saturated carbocycles. The molecule has 0 aromatic heterocycles. The summed E-state index contributed by atoms with van der Waals surface area (Å²) < 4.78 is 5.82. The van der Waals surface area contributed by atoms with Crippen LogP contribution in [0.25, 0.3) is 0 Å². The lowest BCUT2D eigenvalue weighted by Gasteiger charge is -2.31. The van der Waals surface area contributed by atoms with Crippen LogP contribution in [0.3, 0.4) is 0 Å². The van der Waals surface area contributed by atoms with E-state index >= 15 is 0 Å². The van der Waals surface area contributed by atoms with Gasteiger partial charge in [0.15, 0.2) is 0 Å². The van der Waals surface area contributed by atoms with Gasteiger partial charge < -0.3 is 9.64 Å². The quantitative estimate of drug-likeness (QED) is 0.821. The topological polar surface area (TPSA) is 29.5 Å². The molecular weight excluding hydrogens is 226 g/mol. The van der Waals surface area contributed by atoms with Gasteiger partial charge in [-0.15, -0.1) is 0 Å². The fraction of sp³-hybridized carbons (Fsp3) is 0.533. The first-order valence-electron chi connectivity index (χ1n) is 6.60. The molecule has 0 aliphatic carbocycles. The summed E-state index contributed by atoms with van der Waals surface area (Å²) in [5.41, 5.74) is 1.21. The third kappa shape index (κ3) is 3.49. The summed E-state index contributed by atoms with van der Waals surface area (Å²) in [5.74, 6) is 1.56. The van der Waals surface area contributed by atoms with Crippen molar-refractivity contribution < 1.29 is 9.53 Å². The Labute approximate surface area is 109 Å². The second-order valence-electron chi connectivity index (χ2n) is 5.10. The molecule has 1 aromatic rings. The number of likely N-dealkylation sites (tertiary alicyclic amines) is 1. The minimum Gasteiger partial charge on any atom is -0.493 e. The van der Waals surface area contributed by atoms with Crippen LogP contribution in [-0.4, -0.2) is 30.5 Å². The van der Waals surface area contributed by atoms with Crippen molar-refractivity contribution in [3.8, 4) is 5.75 Å². The highest BCUT2D eigenvalue weighted by atomic mass is 16.5. The summed E-state index contributed by atoms with van der Waals surface area (Å²) >= 11 is 0. The van der Waals surface area contributed by atoms with Gasteiger partial charge in [0.05, 0.1) is 6.61 Å². The Bertz CT molecular complexity index is 417. The molecular formula is C15H21NO2. The zero-order valence-electron chi connectivity index (χ0n) is 11.2. The van der Waals surface area contributed by atoms with Gasteiger partial charge in [-0.05, 0) is 37.5 Å². The minimum atomic E-state index is 0.176. The predicted molar refractivity (Wildman–Crippen MR) is 71.7 cm³/mol. The summed E-state index contributed by atoms with van der Waals surface area (Å²) in [6.07, 6.45) is 2.23. The first-order valence-corrected chi connectivity index (χ1v) is 6.60. The highest BCUT2D eigenvalue weighted by Gasteiger charge is 2.21. The van der Waals surface area contributed by atoms with Gasteiger partial charge in [-0.2, -0.15) is 0 Å². The molecule has 1 amide bonds. The highest BCUT2D eigenvalue weighted by molar-refractivity contribution is 5.73. The van der Waals surface area contributed by atoms with E-state index in [1.165, 1.54) is 5.56 Å². The number of piperidine rings is 1. The standard InChI is InChI=1S/C15H21NO2/c1-12-5-3-7-15(9-12)18-11-14-6-4-8-16(10-14)13(2)17/h3,5,7,9,14H,4,6,8,10-11H2,1-2H3/t14-/m1/s1. The highest BCUT2D eigenvalue weighted by Crippen LogP contribution is 2.19. The summed E-state index contributed by atoms with van der Waals surface area (Å²) in [6.45, 7) is 6.14. The Morgan fingerprint density at radius 1 is 1.50 bits per heavy atom. The number of nitrogens with zero attached hydrogens (tertiary/aromatic N) is 1. The van der Waals surface area contributed by atoms with Crippen LogP contribution in [0.5, 0.6) is 5.75 Å². The van der Waals surface area contributed by atoms with E-state index in [2.05, 4.69) is 13.0 Å². The fourth-order valence-electron chi connectivity index (χ4n) is 2.41. The monoisotopic (exact) mass is 247 g/mol. The molecule has 0 N–H and O–H groups in total. The number of rotatable bonds is 3. The largest absolute Gasteiger partial charge is 0.493 e. The number of carbonyl (C=O) groups excluding carboxylic acids is 1. The SMILES string of the molecule is CC(=O)N1CCC[C@@H](COc2cccc(C)c2)C1. The van der Waals surface area contributed by atoms with Crippen LogP contribution in [0, 0.1) is 12.8 Å². The van der Waals surface area contributed by atoms with Gasteiger partial charge in [-0.25, -0.2) is 0 Å². The van der Waals surface area contributed by atoms with E-state index < -0.39 is 0 Å². The smallest absolute Gasteiger partial charge is 0.219 e. The number of carbonyl (C=O) groups is 1. The van der Waals surface area contributed by atoms with Crippen LogP contribution in [0.2, 0.25) is 0 Å². The Morgan fingerprint density at radius 2 is 2.33 bits per heavy atom. The molecule has 0 unspecified atom stereocenters. The first-order chi connectivity index (χ1) is 8.65. The maximum Gasteiger partial charge on any atom is 0.219 e. The van der Waals surface area contributed by atoms with Gasteiger partial charge >= 0.3 is 0 Å². The molecule has 1 aliphatic rings. The average Bonchev–Trinajstić information content (AvgIpc) is 2.37. The Hall–Kier alpha value is -1.51. The maximum atomic E-state index is 11.3. The molecule has 1 saturated heterocycles. The van der Waals surface area contributed by atoms with E-state index in [0.717, 1.165) is 31.7 Å². The van der Waals surface area contributed by atoms with E-state index in [4.69, 9.17) is 4.74 Å². The van der Waals surface area contributed by atoms with Crippen LogP contribution in [0.1, 0.15) is 25.3 Å². The maximum absolute atomic E-state index is 11.3. The first kappa shape index (κ1) is 12.9. The molecule has 3 nitrogen and oxygen atoms in total. The van der Waals surface area contributed by atoms with Crippen molar-refractivity contribution in [1.29, 1.82) is 0 Å². The van der Waals surface area contributed by atoms with Gasteiger partial charge in [0.25, 0.3) is 0 Å². The van der Waals surface area contributed by atoms with Crippen molar-refractivity contribution in [2.45, 2.75) is 26.7 Å². The molecule has 0 spiro atoms. The van der Waals surface area contributed by atoms with Crippen molar-refractivity contribution in [3.05, 3.63) is 29.8 Å². The van der Waals surface area contributed by atoms with Crippen LogP contribution in [0.15, 0.2) is 24.3 Å². The number of amides is 1. The molecule has 1 fully saturated rings. The molecule has 0 radical (unpaired) electrons. The third-order valence-corrected chi connectivity index (χ3v) is 3.44. The average molecular weight is 247 g/mol. The normalized spacial score (nSPS) is 19.7. The fourth-order valence-corrected chi connectivity index (χ4v) is 2.41. The van der Waals surface area contributed by atoms with Gasteiger partial charge in [-0.1, -0.05) is 12.1 Å². The van der Waals surface area contributed by atoms with Gasteiger partial charge in [0.2, 0.25) is 5.91 Å². The van der Waals surface area contributed by atoms with Gasteiger partial charge in [0, 0.05) is 25.9 Å². The second kappa shape index (κ2) is 5.89. The predicted octanol–water partition coefficient (Wildman–Crippen LogP) is 2.63. The minimum absolute atomic E-state index is 0.176. The van der Waals surface area contributed by atoms with Crippen molar-refractivity contribution in [2.24, 2.45) is 5.92 Å². The molecule has 1 aliphatic heterocycles. The van der Waals surface area contributed by atoms with Crippen molar-refractivity contribution in [2.75, 3.05) is 19.7 Å². The molecule has 98 valence electrons. The molecule has 1 heterocycles. The summed E-state index contributed by atoms with van der Waals surface area (Å²) in [5, 5.41) is 0. The Kier molecular flexibility index (Phi) is 4.24. The second-order valence-corrected chi connectivity index (χ2v) is 5.10. The van der Waals surface area contributed by atoms with E-state index in [1.807, 2.05) is 23.1 Å². The zero-order chi connectivity index (χ0) is 13.0. The van der Waals surface area contributed by atoms with Crippen LogP contribution >= 0.6 is 0 Å². The number of aryl methyl sites for hydroxylation is 1. The Balaban J connectivity index is 1.84. The van der Waals surface area contributed by atoms with Gasteiger partial charge in [0.1, 0.15) is 5.75 Å². The van der Waals surface area contributed by atoms with E-state index in [1.54, 1.807) is 6.92 Å². The number of hydrogen-bond acceptors (Lipinski definition) is 2. The van der Waals surface area contributed by atoms with E-state index in [0.29, 0.717) is 12.5 Å². The summed E-state index contributed by atoms with van der Waals surface area (Å²) in [7, 11) is 0. The number of benzene rings is 1. The number of hydrogen-bond donors (Lipinski definition) is 0. The molecule has 1 atom stereocenters. The number of ether oxygens (including phenoxy) is 1. The molecule has 2 rings (SSSR count). The van der Waals surface area contributed by atoms with Crippen molar-refractivity contribution in [3.63, 3.8) is 0 Å².